The van der Waals surface area contributed by atoms with E-state index >= 15 is 0 Å². The van der Waals surface area contributed by atoms with E-state index in [-0.39, 0.29) is 30.1 Å². The summed E-state index contributed by atoms with van der Waals surface area (Å²) in [6.07, 6.45) is 10.9. The molecule has 5 nitrogen and oxygen atoms in total. The number of ether oxygens (including phenoxy) is 2. The normalized spacial score (nSPS) is 32.4. The number of hydrogen-bond acceptors (Lipinski definition) is 5. The smallest absolute Gasteiger partial charge is 0.308 e. The maximum Gasteiger partial charge on any atom is 0.308 e. The zero-order valence-corrected chi connectivity index (χ0v) is 20.5. The molecule has 0 radical (unpaired) electrons. The summed E-state index contributed by atoms with van der Waals surface area (Å²) >= 11 is 0. The lowest BCUT2D eigenvalue weighted by Crippen LogP contribution is -2.48. The Morgan fingerprint density at radius 2 is 1.85 bits per heavy atom. The van der Waals surface area contributed by atoms with Crippen molar-refractivity contribution in [1.82, 2.24) is 0 Å². The van der Waals surface area contributed by atoms with Crippen LogP contribution in [0.5, 0.6) is 5.75 Å². The van der Waals surface area contributed by atoms with E-state index in [0.717, 1.165) is 51.4 Å². The second-order valence-electron chi connectivity index (χ2n) is 10.9. The summed E-state index contributed by atoms with van der Waals surface area (Å²) in [6.45, 7) is 5.63. The molecule has 2 saturated carbocycles. The van der Waals surface area contributed by atoms with Crippen molar-refractivity contribution in [2.75, 3.05) is 6.61 Å². The van der Waals surface area contributed by atoms with Gasteiger partial charge in [0.05, 0.1) is 0 Å². The molecule has 0 amide bonds. The first-order valence-corrected chi connectivity index (χ1v) is 12.9. The number of carbonyl (C=O) groups is 2. The minimum atomic E-state index is -0.278. The first kappa shape index (κ1) is 24.3. The quantitative estimate of drug-likeness (QED) is 0.315. The highest BCUT2D eigenvalue weighted by Gasteiger charge is 2.57. The van der Waals surface area contributed by atoms with Crippen LogP contribution in [-0.4, -0.2) is 29.8 Å². The molecular formula is C28H40O5. The molecule has 5 heteroatoms. The van der Waals surface area contributed by atoms with Crippen molar-refractivity contribution in [3.63, 3.8) is 0 Å². The zero-order chi connectivity index (χ0) is 23.6. The van der Waals surface area contributed by atoms with Crippen molar-refractivity contribution < 1.29 is 24.2 Å². The van der Waals surface area contributed by atoms with E-state index in [1.54, 1.807) is 0 Å². The van der Waals surface area contributed by atoms with Crippen LogP contribution in [-0.2, 0) is 20.7 Å². The van der Waals surface area contributed by atoms with Crippen LogP contribution in [0.25, 0.3) is 0 Å². The highest BCUT2D eigenvalue weighted by atomic mass is 16.5. The van der Waals surface area contributed by atoms with Crippen LogP contribution in [0.2, 0.25) is 0 Å². The molecule has 1 aromatic carbocycles. The largest absolute Gasteiger partial charge is 0.462 e. The standard InChI is InChI=1S/C28H40O5/c1-18(30)32-22-9-10-23-21(17-22)16-20(8-6-4-5-7-15-29)27-24(23)13-14-28(3)25(27)11-12-26(28)33-19(2)31/h9-10,17,20,24-27,29H,4-8,11-16H2,1-3H3/t20?,24-,25+,26+,27-,28+/m1/s1. The van der Waals surface area contributed by atoms with E-state index < -0.39 is 0 Å². The van der Waals surface area contributed by atoms with E-state index in [9.17, 15) is 9.59 Å². The number of carbonyl (C=O) groups excluding carboxylic acids is 2. The number of rotatable bonds is 8. The summed E-state index contributed by atoms with van der Waals surface area (Å²) in [7, 11) is 0. The number of unbranched alkanes of at least 4 members (excludes halogenated alkanes) is 3. The van der Waals surface area contributed by atoms with Gasteiger partial charge in [0.1, 0.15) is 11.9 Å². The van der Waals surface area contributed by atoms with E-state index in [0.29, 0.717) is 29.4 Å². The summed E-state index contributed by atoms with van der Waals surface area (Å²) in [5, 5.41) is 9.11. The van der Waals surface area contributed by atoms with Gasteiger partial charge in [-0.3, -0.25) is 9.59 Å². The van der Waals surface area contributed by atoms with Gasteiger partial charge in [0, 0.05) is 25.9 Å². The molecule has 182 valence electrons. The van der Waals surface area contributed by atoms with Crippen molar-refractivity contribution in [3.05, 3.63) is 29.3 Å². The van der Waals surface area contributed by atoms with Crippen molar-refractivity contribution in [3.8, 4) is 5.75 Å². The lowest BCUT2D eigenvalue weighted by Gasteiger charge is -2.53. The Morgan fingerprint density at radius 1 is 1.06 bits per heavy atom. The first-order chi connectivity index (χ1) is 15.8. The van der Waals surface area contributed by atoms with E-state index in [4.69, 9.17) is 14.6 Å². The number of aliphatic hydroxyl groups is 1. The topological polar surface area (TPSA) is 72.8 Å². The van der Waals surface area contributed by atoms with E-state index in [2.05, 4.69) is 19.1 Å². The molecule has 0 aliphatic heterocycles. The zero-order valence-electron chi connectivity index (χ0n) is 20.5. The second kappa shape index (κ2) is 10.2. The lowest BCUT2D eigenvalue weighted by molar-refractivity contribution is -0.155. The second-order valence-corrected chi connectivity index (χ2v) is 10.9. The Morgan fingerprint density at radius 3 is 2.58 bits per heavy atom. The minimum Gasteiger partial charge on any atom is -0.462 e. The molecule has 6 atom stereocenters. The third kappa shape index (κ3) is 4.99. The van der Waals surface area contributed by atoms with Crippen molar-refractivity contribution in [2.24, 2.45) is 23.2 Å². The molecule has 0 saturated heterocycles. The summed E-state index contributed by atoms with van der Waals surface area (Å²) in [4.78, 5) is 23.3. The summed E-state index contributed by atoms with van der Waals surface area (Å²) in [5.41, 5.74) is 2.84. The van der Waals surface area contributed by atoms with E-state index in [1.165, 1.54) is 37.8 Å². The molecule has 3 aliphatic rings. The van der Waals surface area contributed by atoms with Crippen molar-refractivity contribution >= 4 is 11.9 Å². The monoisotopic (exact) mass is 456 g/mol. The molecule has 33 heavy (non-hydrogen) atoms. The molecule has 1 aromatic rings. The van der Waals surface area contributed by atoms with Crippen molar-refractivity contribution in [2.45, 2.75) is 97.0 Å². The molecule has 1 unspecified atom stereocenters. The highest BCUT2D eigenvalue weighted by molar-refractivity contribution is 5.69. The van der Waals surface area contributed by atoms with Crippen LogP contribution >= 0.6 is 0 Å². The predicted molar refractivity (Wildman–Crippen MR) is 127 cm³/mol. The first-order valence-electron chi connectivity index (χ1n) is 12.9. The Kier molecular flexibility index (Phi) is 7.47. The lowest BCUT2D eigenvalue weighted by atomic mass is 9.52. The van der Waals surface area contributed by atoms with Crippen LogP contribution in [0, 0.1) is 23.2 Å². The molecule has 0 aromatic heterocycles. The van der Waals surface area contributed by atoms with Gasteiger partial charge in [-0.1, -0.05) is 32.3 Å². The maximum atomic E-state index is 11.8. The van der Waals surface area contributed by atoms with Gasteiger partial charge in [0.15, 0.2) is 0 Å². The Bertz CT molecular complexity index is 864. The van der Waals surface area contributed by atoms with Crippen LogP contribution in [0.3, 0.4) is 0 Å². The van der Waals surface area contributed by atoms with Gasteiger partial charge in [0.25, 0.3) is 0 Å². The van der Waals surface area contributed by atoms with Gasteiger partial charge in [-0.2, -0.15) is 0 Å². The SMILES string of the molecule is CC(=O)Oc1ccc2c(c1)CC(CCCCCCO)[C@@H]1[C@@H]2CC[C@]2(C)[C@@H](OC(C)=O)CC[C@@H]12. The minimum absolute atomic E-state index is 0.0406. The molecule has 3 aliphatic carbocycles. The maximum absolute atomic E-state index is 11.8. The molecule has 2 fully saturated rings. The summed E-state index contributed by atoms with van der Waals surface area (Å²) in [5.74, 6) is 2.51. The van der Waals surface area contributed by atoms with Crippen LogP contribution in [0.15, 0.2) is 18.2 Å². The van der Waals surface area contributed by atoms with Gasteiger partial charge in [0.2, 0.25) is 0 Å². The number of esters is 2. The molecule has 0 bridgehead atoms. The molecule has 1 N–H and O–H groups in total. The van der Waals surface area contributed by atoms with Crippen LogP contribution in [0.4, 0.5) is 0 Å². The molecule has 0 heterocycles. The summed E-state index contributed by atoms with van der Waals surface area (Å²) < 4.78 is 11.2. The number of aliphatic hydroxyl groups excluding tert-OH is 1. The number of benzene rings is 1. The third-order valence-electron chi connectivity index (χ3n) is 8.84. The van der Waals surface area contributed by atoms with Gasteiger partial charge >= 0.3 is 11.9 Å². The molecular weight excluding hydrogens is 416 g/mol. The molecule has 4 rings (SSSR count). The fourth-order valence-corrected chi connectivity index (χ4v) is 7.50. The molecule has 0 spiro atoms. The Hall–Kier alpha value is -1.88. The van der Waals surface area contributed by atoms with Gasteiger partial charge < -0.3 is 14.6 Å². The van der Waals surface area contributed by atoms with Crippen molar-refractivity contribution in [1.29, 1.82) is 0 Å². The third-order valence-corrected chi connectivity index (χ3v) is 8.84. The fraction of sp³-hybridized carbons (Fsp3) is 0.714. The Labute approximate surface area is 198 Å². The highest BCUT2D eigenvalue weighted by Crippen LogP contribution is 2.63. The summed E-state index contributed by atoms with van der Waals surface area (Å²) in [6, 6.07) is 6.25. The van der Waals surface area contributed by atoms with Crippen LogP contribution in [0.1, 0.15) is 95.6 Å². The fourth-order valence-electron chi connectivity index (χ4n) is 7.50. The Balaban J connectivity index is 1.60. The predicted octanol–water partition coefficient (Wildman–Crippen LogP) is 5.57. The van der Waals surface area contributed by atoms with Crippen LogP contribution < -0.4 is 4.74 Å². The van der Waals surface area contributed by atoms with Gasteiger partial charge in [-0.25, -0.2) is 0 Å². The van der Waals surface area contributed by atoms with Gasteiger partial charge in [-0.15, -0.1) is 0 Å². The number of hydrogen-bond donors (Lipinski definition) is 1. The average Bonchev–Trinajstić information content (AvgIpc) is 3.08. The van der Waals surface area contributed by atoms with Gasteiger partial charge in [-0.05, 0) is 91.9 Å². The van der Waals surface area contributed by atoms with E-state index in [1.807, 2.05) is 6.07 Å². The average molecular weight is 457 g/mol. The number of fused-ring (bicyclic) bond motifs is 5.